The van der Waals surface area contributed by atoms with Crippen LogP contribution in [0.5, 0.6) is 11.6 Å². The maximum absolute atomic E-state index is 5.67. The molecule has 5 heteroatoms. The summed E-state index contributed by atoms with van der Waals surface area (Å²) < 4.78 is 6.56. The van der Waals surface area contributed by atoms with Crippen LogP contribution in [0.1, 0.15) is 19.0 Å². The Morgan fingerprint density at radius 2 is 2.21 bits per heavy atom. The second-order valence-corrected chi connectivity index (χ2v) is 5.00. The summed E-state index contributed by atoms with van der Waals surface area (Å²) in [5, 5.41) is 3.31. The van der Waals surface area contributed by atoms with Crippen molar-refractivity contribution in [1.29, 1.82) is 0 Å². The molecule has 0 aromatic carbocycles. The molecule has 0 aliphatic heterocycles. The Morgan fingerprint density at radius 1 is 1.32 bits per heavy atom. The SMILES string of the molecule is CCCNCc1cccc(Oc2cncc(Br)c2)n1. The van der Waals surface area contributed by atoms with Gasteiger partial charge in [-0.05, 0) is 41.0 Å². The smallest absolute Gasteiger partial charge is 0.219 e. The molecule has 2 heterocycles. The molecule has 1 N–H and O–H groups in total. The molecule has 2 aromatic heterocycles. The van der Waals surface area contributed by atoms with Crippen LogP contribution in [0.15, 0.2) is 41.1 Å². The van der Waals surface area contributed by atoms with Gasteiger partial charge in [0.2, 0.25) is 5.88 Å². The average molecular weight is 322 g/mol. The summed E-state index contributed by atoms with van der Waals surface area (Å²) in [5.41, 5.74) is 0.967. The van der Waals surface area contributed by atoms with E-state index in [1.54, 1.807) is 12.4 Å². The number of aromatic nitrogens is 2. The average Bonchev–Trinajstić information content (AvgIpc) is 2.39. The molecule has 19 heavy (non-hydrogen) atoms. The molecule has 100 valence electrons. The molecule has 0 spiro atoms. The number of ether oxygens (including phenoxy) is 1. The van der Waals surface area contributed by atoms with E-state index in [9.17, 15) is 0 Å². The molecule has 2 aromatic rings. The summed E-state index contributed by atoms with van der Waals surface area (Å²) in [5.74, 6) is 1.25. The van der Waals surface area contributed by atoms with E-state index in [2.05, 4.69) is 38.1 Å². The molecule has 0 saturated heterocycles. The molecule has 0 unspecified atom stereocenters. The van der Waals surface area contributed by atoms with E-state index in [1.165, 1.54) is 0 Å². The van der Waals surface area contributed by atoms with E-state index in [-0.39, 0.29) is 0 Å². The summed E-state index contributed by atoms with van der Waals surface area (Å²) in [6.07, 6.45) is 4.49. The molecule has 0 saturated carbocycles. The van der Waals surface area contributed by atoms with Gasteiger partial charge in [0.25, 0.3) is 0 Å². The lowest BCUT2D eigenvalue weighted by molar-refractivity contribution is 0.457. The highest BCUT2D eigenvalue weighted by Crippen LogP contribution is 2.21. The van der Waals surface area contributed by atoms with Crippen molar-refractivity contribution < 1.29 is 4.74 Å². The zero-order chi connectivity index (χ0) is 13.5. The van der Waals surface area contributed by atoms with Crippen molar-refractivity contribution in [1.82, 2.24) is 15.3 Å². The highest BCUT2D eigenvalue weighted by molar-refractivity contribution is 9.10. The first-order valence-corrected chi connectivity index (χ1v) is 7.02. The molecule has 0 fully saturated rings. The molecular formula is C14H16BrN3O. The highest BCUT2D eigenvalue weighted by atomic mass is 79.9. The minimum atomic E-state index is 0.579. The largest absolute Gasteiger partial charge is 0.437 e. The van der Waals surface area contributed by atoms with E-state index in [1.807, 2.05) is 24.3 Å². The number of hydrogen-bond donors (Lipinski definition) is 1. The first kappa shape index (κ1) is 14.0. The van der Waals surface area contributed by atoms with Gasteiger partial charge in [-0.1, -0.05) is 13.0 Å². The fourth-order valence-corrected chi connectivity index (χ4v) is 1.92. The maximum Gasteiger partial charge on any atom is 0.219 e. The summed E-state index contributed by atoms with van der Waals surface area (Å²) in [7, 11) is 0. The van der Waals surface area contributed by atoms with Gasteiger partial charge in [-0.3, -0.25) is 4.98 Å². The first-order chi connectivity index (χ1) is 9.28. The van der Waals surface area contributed by atoms with Crippen molar-refractivity contribution in [2.45, 2.75) is 19.9 Å². The standard InChI is InChI=1S/C14H16BrN3O/c1-2-6-16-9-12-4-3-5-14(18-12)19-13-7-11(15)8-17-10-13/h3-5,7-8,10,16H,2,6,9H2,1H3. The van der Waals surface area contributed by atoms with Crippen molar-refractivity contribution in [3.8, 4) is 11.6 Å². The third kappa shape index (κ3) is 4.61. The summed E-state index contributed by atoms with van der Waals surface area (Å²) in [4.78, 5) is 8.49. The zero-order valence-electron chi connectivity index (χ0n) is 10.8. The minimum Gasteiger partial charge on any atom is -0.437 e. The van der Waals surface area contributed by atoms with Gasteiger partial charge in [-0.25, -0.2) is 4.98 Å². The number of nitrogens with zero attached hydrogens (tertiary/aromatic N) is 2. The monoisotopic (exact) mass is 321 g/mol. The third-order valence-electron chi connectivity index (χ3n) is 2.42. The van der Waals surface area contributed by atoms with Gasteiger partial charge >= 0.3 is 0 Å². The Kier molecular flexibility index (Phi) is 5.30. The van der Waals surface area contributed by atoms with Gasteiger partial charge in [0.15, 0.2) is 0 Å². The molecule has 4 nitrogen and oxygen atoms in total. The second kappa shape index (κ2) is 7.21. The third-order valence-corrected chi connectivity index (χ3v) is 2.85. The number of halogens is 1. The maximum atomic E-state index is 5.67. The van der Waals surface area contributed by atoms with Crippen molar-refractivity contribution >= 4 is 15.9 Å². The molecule has 0 aliphatic rings. The Balaban J connectivity index is 2.02. The normalized spacial score (nSPS) is 10.4. The van der Waals surface area contributed by atoms with Crippen LogP contribution >= 0.6 is 15.9 Å². The van der Waals surface area contributed by atoms with Crippen LogP contribution in [0.2, 0.25) is 0 Å². The minimum absolute atomic E-state index is 0.579. The van der Waals surface area contributed by atoms with Gasteiger partial charge in [0, 0.05) is 23.3 Å². The molecule has 0 bridgehead atoms. The van der Waals surface area contributed by atoms with Crippen LogP contribution in [0.3, 0.4) is 0 Å². The lowest BCUT2D eigenvalue weighted by Crippen LogP contribution is -2.14. The van der Waals surface area contributed by atoms with Crippen molar-refractivity contribution in [2.24, 2.45) is 0 Å². The quantitative estimate of drug-likeness (QED) is 0.827. The van der Waals surface area contributed by atoms with Crippen LogP contribution in [-0.4, -0.2) is 16.5 Å². The van der Waals surface area contributed by atoms with E-state index in [4.69, 9.17) is 4.74 Å². The predicted molar refractivity (Wildman–Crippen MR) is 78.2 cm³/mol. The van der Waals surface area contributed by atoms with E-state index >= 15 is 0 Å². The van der Waals surface area contributed by atoms with Crippen molar-refractivity contribution in [3.05, 3.63) is 46.8 Å². The van der Waals surface area contributed by atoms with Crippen molar-refractivity contribution in [3.63, 3.8) is 0 Å². The van der Waals surface area contributed by atoms with Crippen LogP contribution in [0, 0.1) is 0 Å². The zero-order valence-corrected chi connectivity index (χ0v) is 12.4. The number of pyridine rings is 2. The van der Waals surface area contributed by atoms with E-state index in [0.717, 1.165) is 29.7 Å². The molecule has 0 aliphatic carbocycles. The van der Waals surface area contributed by atoms with Gasteiger partial charge in [-0.2, -0.15) is 0 Å². The van der Waals surface area contributed by atoms with Crippen LogP contribution in [0.25, 0.3) is 0 Å². The van der Waals surface area contributed by atoms with Gasteiger partial charge in [0.1, 0.15) is 5.75 Å². The Bertz CT molecular complexity index is 534. The summed E-state index contributed by atoms with van der Waals surface area (Å²) in [6, 6.07) is 7.62. The van der Waals surface area contributed by atoms with Crippen LogP contribution < -0.4 is 10.1 Å². The molecule has 2 rings (SSSR count). The van der Waals surface area contributed by atoms with Crippen LogP contribution in [-0.2, 0) is 6.54 Å². The van der Waals surface area contributed by atoms with Crippen molar-refractivity contribution in [2.75, 3.05) is 6.54 Å². The number of rotatable bonds is 6. The highest BCUT2D eigenvalue weighted by Gasteiger charge is 2.01. The molecular weight excluding hydrogens is 306 g/mol. The van der Waals surface area contributed by atoms with Gasteiger partial charge < -0.3 is 10.1 Å². The fourth-order valence-electron chi connectivity index (χ4n) is 1.58. The first-order valence-electron chi connectivity index (χ1n) is 6.23. The summed E-state index contributed by atoms with van der Waals surface area (Å²) >= 11 is 3.36. The fraction of sp³-hybridized carbons (Fsp3) is 0.286. The second-order valence-electron chi connectivity index (χ2n) is 4.08. The Labute approximate surface area is 121 Å². The molecule has 0 amide bonds. The van der Waals surface area contributed by atoms with E-state index in [0.29, 0.717) is 11.6 Å². The Morgan fingerprint density at radius 3 is 3.00 bits per heavy atom. The lowest BCUT2D eigenvalue weighted by Gasteiger charge is -2.07. The van der Waals surface area contributed by atoms with Gasteiger partial charge in [-0.15, -0.1) is 0 Å². The van der Waals surface area contributed by atoms with E-state index < -0.39 is 0 Å². The lowest BCUT2D eigenvalue weighted by atomic mass is 10.3. The predicted octanol–water partition coefficient (Wildman–Crippen LogP) is 3.53. The van der Waals surface area contributed by atoms with Gasteiger partial charge in [0.05, 0.1) is 11.9 Å². The summed E-state index contributed by atoms with van der Waals surface area (Å²) in [6.45, 7) is 3.88. The topological polar surface area (TPSA) is 47.0 Å². The number of hydrogen-bond acceptors (Lipinski definition) is 4. The molecule has 0 atom stereocenters. The molecule has 0 radical (unpaired) electrons. The van der Waals surface area contributed by atoms with Crippen LogP contribution in [0.4, 0.5) is 0 Å². The number of nitrogens with one attached hydrogen (secondary N) is 1. The Hall–Kier alpha value is -1.46.